The first kappa shape index (κ1) is 42.2. The number of anilines is 1. The number of nitriles is 1. The third kappa shape index (κ3) is 8.31. The summed E-state index contributed by atoms with van der Waals surface area (Å²) < 4.78 is 12.5. The molecule has 8 rings (SSSR count). The molecule has 2 saturated heterocycles. The average Bonchev–Trinajstić information content (AvgIpc) is 3.47. The van der Waals surface area contributed by atoms with Crippen LogP contribution in [0.1, 0.15) is 90.0 Å². The molecule has 1 atom stereocenters. The summed E-state index contributed by atoms with van der Waals surface area (Å²) in [6.07, 6.45) is 1.82. The van der Waals surface area contributed by atoms with E-state index >= 15 is 0 Å². The number of piperazine rings is 1. The predicted molar refractivity (Wildman–Crippen MR) is 228 cm³/mol. The van der Waals surface area contributed by atoms with Crippen LogP contribution >= 0.6 is 11.6 Å². The molecule has 3 heterocycles. The van der Waals surface area contributed by atoms with Crippen molar-refractivity contribution in [1.82, 2.24) is 25.8 Å². The summed E-state index contributed by atoms with van der Waals surface area (Å²) in [5, 5.41) is 18.7. The zero-order valence-corrected chi connectivity index (χ0v) is 35.7. The zero-order valence-electron chi connectivity index (χ0n) is 35.0. The van der Waals surface area contributed by atoms with Crippen LogP contribution in [-0.4, -0.2) is 109 Å². The van der Waals surface area contributed by atoms with Crippen molar-refractivity contribution < 1.29 is 33.4 Å². The quantitative estimate of drug-likeness (QED) is 0.160. The third-order valence-electron chi connectivity index (χ3n) is 13.2. The second-order valence-electron chi connectivity index (χ2n) is 18.1. The van der Waals surface area contributed by atoms with E-state index in [4.69, 9.17) is 21.1 Å². The Labute approximate surface area is 360 Å². The molecule has 0 radical (unpaired) electrons. The number of rotatable bonds is 13. The van der Waals surface area contributed by atoms with Crippen LogP contribution in [0.3, 0.4) is 0 Å². The SMILES string of the molecule is CC1(C)C(NC(=O)c2ccc(N3CCN(CCNCC4CC(Oc5ccc6c(c5)C(=O)N(C5CCC(=O)NC5=O)C6=O)C4)CC3)cc2)C(C)(C)C1Oc1ccc(C#N)c(Cl)c1. The molecular weight excluding hydrogens is 798 g/mol. The molecule has 0 spiro atoms. The van der Waals surface area contributed by atoms with Crippen LogP contribution in [0.15, 0.2) is 60.7 Å². The van der Waals surface area contributed by atoms with E-state index in [0.717, 1.165) is 69.2 Å². The van der Waals surface area contributed by atoms with Crippen LogP contribution in [0, 0.1) is 28.1 Å². The standard InChI is InChI=1S/C46H52ClN7O7/c1-45(2)43(46(3,4)44(45)61-32-10-7-29(25-48)36(47)24-32)51-39(56)28-5-8-30(9-6-28)53-19-17-52(18-20-53)16-15-49-26-27-21-33(22-27)60-31-11-12-34-35(23-31)42(59)54(41(34)58)37-13-14-38(55)50-40(37)57/h5-12,23-24,27,33,37,43-44,49H,13-22,26H2,1-4H3,(H,51,56)(H,50,55,57). The fourth-order valence-electron chi connectivity index (χ4n) is 10.1. The first-order valence-corrected chi connectivity index (χ1v) is 21.5. The van der Waals surface area contributed by atoms with Gasteiger partial charge < -0.3 is 25.0 Å². The van der Waals surface area contributed by atoms with Crippen LogP contribution in [-0.2, 0) is 9.59 Å². The summed E-state index contributed by atoms with van der Waals surface area (Å²) in [4.78, 5) is 69.3. The lowest BCUT2D eigenvalue weighted by molar-refractivity contribution is -0.164. The largest absolute Gasteiger partial charge is 0.490 e. The number of amides is 5. The van der Waals surface area contributed by atoms with Crippen LogP contribution in [0.25, 0.3) is 0 Å². The first-order valence-electron chi connectivity index (χ1n) is 21.1. The highest BCUT2D eigenvalue weighted by atomic mass is 35.5. The predicted octanol–water partition coefficient (Wildman–Crippen LogP) is 4.79. The number of imide groups is 2. The van der Waals surface area contributed by atoms with Gasteiger partial charge in [0, 0.05) is 79.9 Å². The number of hydrogen-bond acceptors (Lipinski definition) is 11. The van der Waals surface area contributed by atoms with Gasteiger partial charge in [-0.1, -0.05) is 39.3 Å². The Morgan fingerprint density at radius 2 is 1.56 bits per heavy atom. The highest BCUT2D eigenvalue weighted by molar-refractivity contribution is 6.31. The minimum absolute atomic E-state index is 0.0255. The summed E-state index contributed by atoms with van der Waals surface area (Å²) in [5.41, 5.74) is 1.88. The molecule has 3 N–H and O–H groups in total. The summed E-state index contributed by atoms with van der Waals surface area (Å²) in [6.45, 7) is 14.8. The summed E-state index contributed by atoms with van der Waals surface area (Å²) >= 11 is 6.25. The van der Waals surface area contributed by atoms with E-state index in [1.165, 1.54) is 0 Å². The molecule has 15 heteroatoms. The van der Waals surface area contributed by atoms with Gasteiger partial charge in [-0.15, -0.1) is 0 Å². The number of piperidine rings is 1. The fraction of sp³-hybridized carbons (Fsp3) is 0.478. The van der Waals surface area contributed by atoms with Crippen molar-refractivity contribution in [3.63, 3.8) is 0 Å². The third-order valence-corrected chi connectivity index (χ3v) is 13.6. The number of halogens is 1. The van der Waals surface area contributed by atoms with Crippen molar-refractivity contribution in [1.29, 1.82) is 5.26 Å². The zero-order chi connectivity index (χ0) is 43.2. The van der Waals surface area contributed by atoms with E-state index < -0.39 is 29.7 Å². The van der Waals surface area contributed by atoms with Gasteiger partial charge >= 0.3 is 0 Å². The van der Waals surface area contributed by atoms with Gasteiger partial charge in [0.25, 0.3) is 17.7 Å². The molecule has 1 unspecified atom stereocenters. The van der Waals surface area contributed by atoms with Crippen molar-refractivity contribution in [2.75, 3.05) is 50.7 Å². The molecule has 3 aliphatic heterocycles. The van der Waals surface area contributed by atoms with Gasteiger partial charge in [0.15, 0.2) is 0 Å². The van der Waals surface area contributed by atoms with E-state index in [1.54, 1.807) is 36.4 Å². The van der Waals surface area contributed by atoms with Gasteiger partial charge in [0.1, 0.15) is 29.7 Å². The van der Waals surface area contributed by atoms with Gasteiger partial charge in [-0.05, 0) is 86.3 Å². The highest BCUT2D eigenvalue weighted by Gasteiger charge is 2.64. The Balaban J connectivity index is 0.722. The molecule has 3 aromatic carbocycles. The van der Waals surface area contributed by atoms with Crippen LogP contribution in [0.2, 0.25) is 5.02 Å². The van der Waals surface area contributed by atoms with E-state index in [1.807, 2.05) is 24.3 Å². The lowest BCUT2D eigenvalue weighted by atomic mass is 9.49. The molecule has 61 heavy (non-hydrogen) atoms. The molecule has 5 aliphatic rings. The average molecular weight is 850 g/mol. The lowest BCUT2D eigenvalue weighted by Gasteiger charge is -2.63. The fourth-order valence-corrected chi connectivity index (χ4v) is 10.3. The first-order chi connectivity index (χ1) is 29.1. The Hall–Kier alpha value is -5.49. The number of nitrogens with zero attached hydrogens (tertiary/aromatic N) is 4. The Morgan fingerprint density at radius 1 is 0.885 bits per heavy atom. The summed E-state index contributed by atoms with van der Waals surface area (Å²) in [6, 6.07) is 18.8. The maximum atomic E-state index is 13.5. The maximum Gasteiger partial charge on any atom is 0.262 e. The maximum absolute atomic E-state index is 13.5. The number of benzene rings is 3. The van der Waals surface area contributed by atoms with Gasteiger partial charge in [0.05, 0.1) is 27.8 Å². The molecule has 14 nitrogen and oxygen atoms in total. The number of ether oxygens (including phenoxy) is 2. The smallest absolute Gasteiger partial charge is 0.262 e. The Morgan fingerprint density at radius 3 is 2.23 bits per heavy atom. The van der Waals surface area contributed by atoms with Crippen molar-refractivity contribution in [2.45, 2.75) is 77.7 Å². The molecule has 2 saturated carbocycles. The minimum Gasteiger partial charge on any atom is -0.490 e. The van der Waals surface area contributed by atoms with Crippen LogP contribution in [0.4, 0.5) is 5.69 Å². The van der Waals surface area contributed by atoms with E-state index in [-0.39, 0.29) is 59.0 Å². The van der Waals surface area contributed by atoms with Crippen LogP contribution < -0.4 is 30.3 Å². The molecule has 0 bridgehead atoms. The topological polar surface area (TPSA) is 173 Å². The molecule has 5 amide bonds. The number of carbonyl (C=O) groups is 5. The van der Waals surface area contributed by atoms with Crippen molar-refractivity contribution in [2.24, 2.45) is 16.7 Å². The second kappa shape index (κ2) is 16.8. The lowest BCUT2D eigenvalue weighted by Crippen LogP contribution is -2.74. The molecule has 0 aromatic heterocycles. The van der Waals surface area contributed by atoms with Crippen molar-refractivity contribution in [3.8, 4) is 17.6 Å². The Bertz CT molecular complexity index is 2260. The van der Waals surface area contributed by atoms with Crippen molar-refractivity contribution >= 4 is 46.8 Å². The molecular formula is C46H52ClN7O7. The van der Waals surface area contributed by atoms with Gasteiger partial charge in [-0.3, -0.25) is 39.1 Å². The monoisotopic (exact) mass is 849 g/mol. The molecule has 320 valence electrons. The Kier molecular flexibility index (Phi) is 11.6. The van der Waals surface area contributed by atoms with Gasteiger partial charge in [-0.25, -0.2) is 0 Å². The highest BCUT2D eigenvalue weighted by Crippen LogP contribution is 2.55. The number of nitrogens with one attached hydrogen (secondary N) is 3. The minimum atomic E-state index is -0.994. The molecule has 3 aromatic rings. The number of fused-ring (bicyclic) bond motifs is 1. The second-order valence-corrected chi connectivity index (χ2v) is 18.5. The molecule has 4 fully saturated rings. The number of carbonyl (C=O) groups excluding carboxylic acids is 5. The van der Waals surface area contributed by atoms with Crippen molar-refractivity contribution in [3.05, 3.63) is 87.9 Å². The van der Waals surface area contributed by atoms with Gasteiger partial charge in [-0.2, -0.15) is 5.26 Å². The summed E-state index contributed by atoms with van der Waals surface area (Å²) in [5.74, 6) is -0.603. The molecule has 2 aliphatic carbocycles. The van der Waals surface area contributed by atoms with Gasteiger partial charge in [0.2, 0.25) is 11.8 Å². The number of hydrogen-bond donors (Lipinski definition) is 3. The van der Waals surface area contributed by atoms with Crippen LogP contribution in [0.5, 0.6) is 11.5 Å². The normalized spacial score (nSPS) is 25.5. The summed E-state index contributed by atoms with van der Waals surface area (Å²) in [7, 11) is 0. The van der Waals surface area contributed by atoms with E-state index in [0.29, 0.717) is 33.6 Å². The van der Waals surface area contributed by atoms with E-state index in [2.05, 4.69) is 59.5 Å². The van der Waals surface area contributed by atoms with E-state index in [9.17, 15) is 29.2 Å².